The summed E-state index contributed by atoms with van der Waals surface area (Å²) < 4.78 is 0. The summed E-state index contributed by atoms with van der Waals surface area (Å²) in [4.78, 5) is 15.1. The Kier molecular flexibility index (Phi) is 3.31. The van der Waals surface area contributed by atoms with E-state index in [-0.39, 0.29) is 11.1 Å². The molecule has 0 saturated carbocycles. The van der Waals surface area contributed by atoms with Gasteiger partial charge in [0.25, 0.3) is 5.56 Å². The molecule has 0 atom stereocenters. The number of aromatic nitrogens is 1. The van der Waals surface area contributed by atoms with E-state index in [2.05, 4.69) is 4.98 Å². The van der Waals surface area contributed by atoms with E-state index in [1.165, 1.54) is 0 Å². The Labute approximate surface area is 103 Å². The maximum absolute atomic E-state index is 11.5. The molecule has 2 aromatic rings. The van der Waals surface area contributed by atoms with Crippen LogP contribution in [-0.4, -0.2) is 11.2 Å². The zero-order valence-corrected chi connectivity index (χ0v) is 10.0. The zero-order chi connectivity index (χ0) is 12.3. The van der Waals surface area contributed by atoms with Crippen LogP contribution >= 0.6 is 11.8 Å². The first-order chi connectivity index (χ1) is 8.26. The fraction of sp³-hybridized carbons (Fsp3) is 0.0769. The highest BCUT2D eigenvalue weighted by atomic mass is 32.2. The molecule has 0 aliphatic rings. The number of benzene rings is 1. The number of rotatable bonds is 2. The summed E-state index contributed by atoms with van der Waals surface area (Å²) in [5.74, 6) is 0. The smallest absolute Gasteiger partial charge is 0.266 e. The van der Waals surface area contributed by atoms with Crippen molar-refractivity contribution in [2.75, 3.05) is 6.26 Å². The van der Waals surface area contributed by atoms with Crippen molar-refractivity contribution in [3.63, 3.8) is 0 Å². The van der Waals surface area contributed by atoms with Gasteiger partial charge >= 0.3 is 0 Å². The number of pyridine rings is 1. The molecule has 0 spiro atoms. The molecule has 0 aliphatic carbocycles. The molecule has 4 heteroatoms. The highest BCUT2D eigenvalue weighted by Gasteiger charge is 2.08. The van der Waals surface area contributed by atoms with Gasteiger partial charge in [0.05, 0.1) is 0 Å². The van der Waals surface area contributed by atoms with E-state index in [1.807, 2.05) is 36.6 Å². The van der Waals surface area contributed by atoms with Gasteiger partial charge in [-0.15, -0.1) is 11.8 Å². The number of nitriles is 1. The van der Waals surface area contributed by atoms with Gasteiger partial charge in [0.15, 0.2) is 0 Å². The molecule has 84 valence electrons. The molecule has 0 saturated heterocycles. The minimum Gasteiger partial charge on any atom is -0.328 e. The van der Waals surface area contributed by atoms with E-state index in [1.54, 1.807) is 24.0 Å². The third-order valence-electron chi connectivity index (χ3n) is 2.45. The van der Waals surface area contributed by atoms with Crippen molar-refractivity contribution in [3.8, 4) is 17.2 Å². The van der Waals surface area contributed by atoms with Crippen molar-refractivity contribution in [2.45, 2.75) is 4.90 Å². The number of aromatic amines is 1. The van der Waals surface area contributed by atoms with Gasteiger partial charge in [0, 0.05) is 16.7 Å². The third-order valence-corrected chi connectivity index (χ3v) is 3.18. The number of thioether (sulfide) groups is 1. The number of hydrogen-bond acceptors (Lipinski definition) is 3. The molecular formula is C13H10N2OS. The van der Waals surface area contributed by atoms with Crippen molar-refractivity contribution in [3.05, 3.63) is 52.4 Å². The lowest BCUT2D eigenvalue weighted by atomic mass is 10.0. The van der Waals surface area contributed by atoms with Crippen LogP contribution in [0.15, 0.2) is 46.2 Å². The van der Waals surface area contributed by atoms with E-state index in [0.29, 0.717) is 5.56 Å². The molecule has 0 fully saturated rings. The molecule has 3 nitrogen and oxygen atoms in total. The number of hydrogen-bond donors (Lipinski definition) is 1. The van der Waals surface area contributed by atoms with Gasteiger partial charge in [0.1, 0.15) is 11.6 Å². The molecular weight excluding hydrogens is 232 g/mol. The highest BCUT2D eigenvalue weighted by Crippen LogP contribution is 2.25. The number of nitrogens with zero attached hydrogens (tertiary/aromatic N) is 1. The molecule has 1 heterocycles. The van der Waals surface area contributed by atoms with Crippen LogP contribution in [0.1, 0.15) is 5.56 Å². The predicted octanol–water partition coefficient (Wildman–Crippen LogP) is 2.64. The lowest BCUT2D eigenvalue weighted by molar-refractivity contribution is 1.21. The Bertz CT molecular complexity index is 640. The molecule has 2 rings (SSSR count). The second-order valence-corrected chi connectivity index (χ2v) is 4.32. The first kappa shape index (κ1) is 11.5. The predicted molar refractivity (Wildman–Crippen MR) is 69.0 cm³/mol. The largest absolute Gasteiger partial charge is 0.328 e. The molecule has 1 aromatic heterocycles. The van der Waals surface area contributed by atoms with Gasteiger partial charge in [-0.3, -0.25) is 4.79 Å². The molecule has 1 aromatic carbocycles. The first-order valence-corrected chi connectivity index (χ1v) is 6.25. The Morgan fingerprint density at radius 2 is 2.18 bits per heavy atom. The lowest BCUT2D eigenvalue weighted by Crippen LogP contribution is -2.10. The van der Waals surface area contributed by atoms with Gasteiger partial charge in [-0.25, -0.2) is 0 Å². The lowest BCUT2D eigenvalue weighted by Gasteiger charge is -2.04. The minimum atomic E-state index is -0.348. The highest BCUT2D eigenvalue weighted by molar-refractivity contribution is 7.98. The Hall–Kier alpha value is -1.99. The summed E-state index contributed by atoms with van der Waals surface area (Å²) in [6.07, 6.45) is 3.55. The molecule has 0 aliphatic heterocycles. The van der Waals surface area contributed by atoms with Crippen LogP contribution in [-0.2, 0) is 0 Å². The van der Waals surface area contributed by atoms with E-state index < -0.39 is 0 Å². The standard InChI is InChI=1S/C13H10N2OS/c1-17-10-4-2-3-9(7-10)11-5-6-15-13(16)12(11)8-14/h2-7H,1H3,(H,15,16). The van der Waals surface area contributed by atoms with Gasteiger partial charge < -0.3 is 4.98 Å². The summed E-state index contributed by atoms with van der Waals surface area (Å²) in [6, 6.07) is 11.5. The average Bonchev–Trinajstić information content (AvgIpc) is 2.38. The Morgan fingerprint density at radius 3 is 2.88 bits per heavy atom. The Morgan fingerprint density at radius 1 is 1.35 bits per heavy atom. The third kappa shape index (κ3) is 2.24. The van der Waals surface area contributed by atoms with Crippen LogP contribution in [0.5, 0.6) is 0 Å². The molecule has 0 bridgehead atoms. The van der Waals surface area contributed by atoms with Crippen LogP contribution in [0.2, 0.25) is 0 Å². The number of nitrogens with one attached hydrogen (secondary N) is 1. The molecule has 17 heavy (non-hydrogen) atoms. The van der Waals surface area contributed by atoms with Crippen LogP contribution in [0, 0.1) is 11.3 Å². The van der Waals surface area contributed by atoms with E-state index in [0.717, 1.165) is 10.5 Å². The van der Waals surface area contributed by atoms with E-state index in [9.17, 15) is 4.79 Å². The van der Waals surface area contributed by atoms with Crippen molar-refractivity contribution in [2.24, 2.45) is 0 Å². The second kappa shape index (κ2) is 4.89. The van der Waals surface area contributed by atoms with Crippen molar-refractivity contribution in [1.29, 1.82) is 5.26 Å². The fourth-order valence-corrected chi connectivity index (χ4v) is 2.08. The monoisotopic (exact) mass is 242 g/mol. The maximum atomic E-state index is 11.5. The van der Waals surface area contributed by atoms with Crippen LogP contribution in [0.4, 0.5) is 0 Å². The molecule has 0 amide bonds. The summed E-state index contributed by atoms with van der Waals surface area (Å²) in [5.41, 5.74) is 1.37. The second-order valence-electron chi connectivity index (χ2n) is 3.44. The van der Waals surface area contributed by atoms with Crippen LogP contribution < -0.4 is 5.56 Å². The minimum absolute atomic E-state index is 0.158. The Balaban J connectivity index is 2.65. The summed E-state index contributed by atoms with van der Waals surface area (Å²) in [6.45, 7) is 0. The normalized spacial score (nSPS) is 9.88. The average molecular weight is 242 g/mol. The van der Waals surface area contributed by atoms with Crippen molar-refractivity contribution in [1.82, 2.24) is 4.98 Å². The zero-order valence-electron chi connectivity index (χ0n) is 9.23. The fourth-order valence-electron chi connectivity index (χ4n) is 1.62. The van der Waals surface area contributed by atoms with E-state index >= 15 is 0 Å². The molecule has 1 N–H and O–H groups in total. The summed E-state index contributed by atoms with van der Waals surface area (Å²) in [7, 11) is 0. The van der Waals surface area contributed by atoms with Gasteiger partial charge in [0.2, 0.25) is 0 Å². The van der Waals surface area contributed by atoms with Crippen molar-refractivity contribution >= 4 is 11.8 Å². The van der Waals surface area contributed by atoms with Crippen LogP contribution in [0.25, 0.3) is 11.1 Å². The van der Waals surface area contributed by atoms with Gasteiger partial charge in [-0.2, -0.15) is 5.26 Å². The molecule has 0 unspecified atom stereocenters. The van der Waals surface area contributed by atoms with E-state index in [4.69, 9.17) is 5.26 Å². The summed E-state index contributed by atoms with van der Waals surface area (Å²) in [5, 5.41) is 9.01. The van der Waals surface area contributed by atoms with Gasteiger partial charge in [-0.1, -0.05) is 12.1 Å². The quantitative estimate of drug-likeness (QED) is 0.824. The SMILES string of the molecule is CSc1cccc(-c2cc[nH]c(=O)c2C#N)c1. The van der Waals surface area contributed by atoms with Crippen molar-refractivity contribution < 1.29 is 0 Å². The first-order valence-electron chi connectivity index (χ1n) is 5.02. The number of H-pyrrole nitrogens is 1. The van der Waals surface area contributed by atoms with Gasteiger partial charge in [-0.05, 0) is 30.0 Å². The topological polar surface area (TPSA) is 56.6 Å². The molecule has 0 radical (unpaired) electrons. The van der Waals surface area contributed by atoms with Crippen LogP contribution in [0.3, 0.4) is 0 Å². The summed E-state index contributed by atoms with van der Waals surface area (Å²) >= 11 is 1.63. The maximum Gasteiger partial charge on any atom is 0.266 e.